The van der Waals surface area contributed by atoms with Gasteiger partial charge in [-0.05, 0) is 97.0 Å². The van der Waals surface area contributed by atoms with Gasteiger partial charge in [0.15, 0.2) is 0 Å². The second-order valence-corrected chi connectivity index (χ2v) is 16.0. The minimum absolute atomic E-state index is 0.0545. The molecule has 0 aromatic heterocycles. The van der Waals surface area contributed by atoms with E-state index in [0.717, 1.165) is 11.1 Å². The van der Waals surface area contributed by atoms with Crippen LogP contribution in [-0.4, -0.2) is 51.2 Å². The third-order valence-electron chi connectivity index (χ3n) is 9.85. The number of phenolic OH excluding ortho intramolecular Hbond substituents is 1. The average molecular weight is 519 g/mol. The molecule has 0 spiro atoms. The molecule has 3 nitrogen and oxygen atoms in total. The van der Waals surface area contributed by atoms with E-state index in [9.17, 15) is 5.11 Å². The molecule has 38 heavy (non-hydrogen) atoms. The predicted molar refractivity (Wildman–Crippen MR) is 163 cm³/mol. The maximum Gasteiger partial charge on any atom is 0.123 e. The smallest absolute Gasteiger partial charge is 0.123 e. The van der Waals surface area contributed by atoms with Gasteiger partial charge in [-0.3, -0.25) is 9.80 Å². The lowest BCUT2D eigenvalue weighted by Crippen LogP contribution is -2.63. The molecule has 2 atom stereocenters. The van der Waals surface area contributed by atoms with E-state index >= 15 is 0 Å². The molecule has 0 amide bonds. The van der Waals surface area contributed by atoms with E-state index in [1.165, 1.54) is 5.56 Å². The minimum Gasteiger partial charge on any atom is -0.507 e. The third-order valence-corrected chi connectivity index (χ3v) is 9.85. The summed E-state index contributed by atoms with van der Waals surface area (Å²) >= 11 is 0. The first-order valence-electron chi connectivity index (χ1n) is 14.3. The van der Waals surface area contributed by atoms with Crippen LogP contribution in [0, 0.1) is 35.5 Å². The number of nitrogens with zero attached hydrogens (tertiary/aromatic N) is 2. The average Bonchev–Trinajstić information content (AvgIpc) is 2.73. The Morgan fingerprint density at radius 1 is 0.684 bits per heavy atom. The molecule has 0 bridgehead atoms. The van der Waals surface area contributed by atoms with Crippen LogP contribution in [0.25, 0.3) is 0 Å². The summed E-state index contributed by atoms with van der Waals surface area (Å²) in [7, 11) is 4.42. The first-order chi connectivity index (χ1) is 16.9. The quantitative estimate of drug-likeness (QED) is 0.425. The molecule has 1 aromatic rings. The van der Waals surface area contributed by atoms with Crippen molar-refractivity contribution in [2.75, 3.05) is 14.1 Å². The fourth-order valence-corrected chi connectivity index (χ4v) is 6.52. The van der Waals surface area contributed by atoms with Crippen LogP contribution in [0.5, 0.6) is 5.75 Å². The number of phenols is 1. The molecule has 2 heterocycles. The van der Waals surface area contributed by atoms with Gasteiger partial charge in [-0.1, -0.05) is 77.4 Å². The van der Waals surface area contributed by atoms with Gasteiger partial charge in [-0.2, -0.15) is 0 Å². The highest BCUT2D eigenvalue weighted by Crippen LogP contribution is 2.51. The molecule has 3 heteroatoms. The lowest BCUT2D eigenvalue weighted by Gasteiger charge is -2.56. The van der Waals surface area contributed by atoms with Crippen molar-refractivity contribution in [3.63, 3.8) is 0 Å². The van der Waals surface area contributed by atoms with Crippen molar-refractivity contribution in [3.05, 3.63) is 28.8 Å². The molecule has 1 N–H and O–H groups in total. The summed E-state index contributed by atoms with van der Waals surface area (Å²) in [5, 5.41) is 11.5. The molecule has 0 radical (unpaired) electrons. The Morgan fingerprint density at radius 2 is 1.00 bits per heavy atom. The molecule has 0 saturated carbocycles. The molecule has 3 rings (SSSR count). The summed E-state index contributed by atoms with van der Waals surface area (Å²) in [6, 6.07) is 4.54. The fraction of sp³-hybridized carbons (Fsp3) is 0.714. The number of hydrogen-bond donors (Lipinski definition) is 1. The van der Waals surface area contributed by atoms with E-state index in [0.29, 0.717) is 5.75 Å². The van der Waals surface area contributed by atoms with Crippen LogP contribution in [-0.2, 0) is 10.8 Å². The van der Waals surface area contributed by atoms with Crippen molar-refractivity contribution in [2.24, 2.45) is 11.8 Å². The SMILES string of the molecule is CN1C(C)(C)C#CC(C(c2cc(C(C)(C)C)c(O)c(C(C)(C)C)c2)C2C#CC(C)(C)N(C)C2(C)C)C1(C)C. The van der Waals surface area contributed by atoms with E-state index in [-0.39, 0.29) is 50.7 Å². The summed E-state index contributed by atoms with van der Waals surface area (Å²) in [5.41, 5.74) is 2.02. The summed E-state index contributed by atoms with van der Waals surface area (Å²) < 4.78 is 0. The van der Waals surface area contributed by atoms with Gasteiger partial charge in [0.1, 0.15) is 5.75 Å². The summed E-state index contributed by atoms with van der Waals surface area (Å²) in [6.07, 6.45) is 0. The fourth-order valence-electron chi connectivity index (χ4n) is 6.52. The van der Waals surface area contributed by atoms with Crippen molar-refractivity contribution in [1.29, 1.82) is 0 Å². The number of benzene rings is 1. The molecular weight excluding hydrogens is 464 g/mol. The Kier molecular flexibility index (Phi) is 7.28. The van der Waals surface area contributed by atoms with Gasteiger partial charge >= 0.3 is 0 Å². The lowest BCUT2D eigenvalue weighted by molar-refractivity contribution is -0.00508. The van der Waals surface area contributed by atoms with Gasteiger partial charge in [0, 0.05) is 28.8 Å². The van der Waals surface area contributed by atoms with Crippen LogP contribution >= 0.6 is 0 Å². The van der Waals surface area contributed by atoms with Crippen LogP contribution in [0.3, 0.4) is 0 Å². The van der Waals surface area contributed by atoms with Gasteiger partial charge in [0.25, 0.3) is 0 Å². The topological polar surface area (TPSA) is 26.7 Å². The Labute approximate surface area is 234 Å². The van der Waals surface area contributed by atoms with E-state index < -0.39 is 0 Å². The summed E-state index contributed by atoms with van der Waals surface area (Å²) in [5.74, 6) is 15.4. The van der Waals surface area contributed by atoms with Crippen LogP contribution in [0.15, 0.2) is 12.1 Å². The van der Waals surface area contributed by atoms with Crippen molar-refractivity contribution >= 4 is 0 Å². The van der Waals surface area contributed by atoms with Gasteiger partial charge in [0.2, 0.25) is 0 Å². The monoisotopic (exact) mass is 518 g/mol. The highest BCUT2D eigenvalue weighted by Gasteiger charge is 2.53. The number of aromatic hydroxyl groups is 1. The van der Waals surface area contributed by atoms with Gasteiger partial charge in [-0.15, -0.1) is 0 Å². The van der Waals surface area contributed by atoms with Crippen molar-refractivity contribution in [2.45, 2.75) is 136 Å². The molecular formula is C35H54N2O. The predicted octanol–water partition coefficient (Wildman–Crippen LogP) is 7.32. The zero-order valence-electron chi connectivity index (χ0n) is 27.2. The van der Waals surface area contributed by atoms with Crippen molar-refractivity contribution < 1.29 is 5.11 Å². The third kappa shape index (κ3) is 5.03. The van der Waals surface area contributed by atoms with Crippen molar-refractivity contribution in [3.8, 4) is 29.4 Å². The Morgan fingerprint density at radius 3 is 1.29 bits per heavy atom. The molecule has 0 saturated heterocycles. The first-order valence-corrected chi connectivity index (χ1v) is 14.3. The number of hydrogen-bond acceptors (Lipinski definition) is 3. The molecule has 0 fully saturated rings. The summed E-state index contributed by atoms with van der Waals surface area (Å²) in [6.45, 7) is 31.3. The highest BCUT2D eigenvalue weighted by atomic mass is 16.3. The normalized spacial score (nSPS) is 27.1. The van der Waals surface area contributed by atoms with Gasteiger partial charge in [-0.25, -0.2) is 0 Å². The van der Waals surface area contributed by atoms with Crippen LogP contribution in [0.2, 0.25) is 0 Å². The molecule has 2 unspecified atom stereocenters. The zero-order valence-corrected chi connectivity index (χ0v) is 27.2. The van der Waals surface area contributed by atoms with E-state index in [2.05, 4.69) is 157 Å². The Hall–Kier alpha value is -1.94. The van der Waals surface area contributed by atoms with E-state index in [1.807, 2.05) is 0 Å². The zero-order chi connectivity index (χ0) is 29.4. The molecule has 2 aliphatic heterocycles. The number of rotatable bonds is 3. The second kappa shape index (κ2) is 9.04. The van der Waals surface area contributed by atoms with E-state index in [4.69, 9.17) is 0 Å². The molecule has 1 aromatic carbocycles. The largest absolute Gasteiger partial charge is 0.507 e. The molecule has 0 aliphatic carbocycles. The standard InChI is InChI=1S/C35H54N2O/c1-30(2,3)26-21-23(22-27(29(26)38)31(4,5)6)28(24-17-19-32(7,8)36(15)34(24,11)12)25-18-20-33(9,10)37(16)35(25,13)14/h21-22,24-25,28,38H,1-16H3. The highest BCUT2D eigenvalue weighted by molar-refractivity contribution is 5.52. The maximum absolute atomic E-state index is 11.5. The van der Waals surface area contributed by atoms with Gasteiger partial charge < -0.3 is 5.11 Å². The van der Waals surface area contributed by atoms with Crippen LogP contribution < -0.4 is 0 Å². The lowest BCUT2D eigenvalue weighted by atomic mass is 9.60. The molecule has 2 aliphatic rings. The second-order valence-electron chi connectivity index (χ2n) is 16.0. The van der Waals surface area contributed by atoms with E-state index in [1.54, 1.807) is 0 Å². The molecule has 210 valence electrons. The van der Waals surface area contributed by atoms with Crippen molar-refractivity contribution in [1.82, 2.24) is 9.80 Å². The Balaban J connectivity index is 2.45. The van der Waals surface area contributed by atoms with Crippen LogP contribution in [0.1, 0.15) is 120 Å². The maximum atomic E-state index is 11.5. The first kappa shape index (κ1) is 30.6. The van der Waals surface area contributed by atoms with Crippen LogP contribution in [0.4, 0.5) is 0 Å². The minimum atomic E-state index is -0.209. The van der Waals surface area contributed by atoms with Gasteiger partial charge in [0.05, 0.1) is 11.1 Å². The Bertz CT molecular complexity index is 1120. The summed E-state index contributed by atoms with van der Waals surface area (Å²) in [4.78, 5) is 4.89.